The lowest BCUT2D eigenvalue weighted by Crippen LogP contribution is -2.32. The van der Waals surface area contributed by atoms with Crippen LogP contribution in [-0.4, -0.2) is 20.1 Å². The summed E-state index contributed by atoms with van der Waals surface area (Å²) in [6, 6.07) is 12.0. The first-order valence-corrected chi connectivity index (χ1v) is 10.6. The van der Waals surface area contributed by atoms with Crippen LogP contribution in [0, 0.1) is 0 Å². The minimum absolute atomic E-state index is 0. The predicted octanol–water partition coefficient (Wildman–Crippen LogP) is 3.68. The van der Waals surface area contributed by atoms with Crippen molar-refractivity contribution in [3.8, 4) is 0 Å². The summed E-state index contributed by atoms with van der Waals surface area (Å²) >= 11 is 0. The van der Waals surface area contributed by atoms with Crippen molar-refractivity contribution < 1.29 is 13.2 Å². The van der Waals surface area contributed by atoms with Crippen LogP contribution in [0.2, 0.25) is 0 Å². The van der Waals surface area contributed by atoms with E-state index in [0.717, 1.165) is 30.4 Å². The Balaban J connectivity index is 0.00000261. The van der Waals surface area contributed by atoms with Gasteiger partial charge in [0.1, 0.15) is 0 Å². The minimum atomic E-state index is -3.47. The summed E-state index contributed by atoms with van der Waals surface area (Å²) in [7, 11) is -3.47. The molecule has 0 saturated carbocycles. The molecule has 2 aromatic carbocycles. The van der Waals surface area contributed by atoms with Gasteiger partial charge in [0.2, 0.25) is 0 Å². The number of carbonyl (C=O) groups is 1. The van der Waals surface area contributed by atoms with Crippen LogP contribution < -0.4 is 11.1 Å². The maximum atomic E-state index is 12.9. The molecule has 5 nitrogen and oxygen atoms in total. The number of nitrogens with two attached hydrogens (primary N) is 1. The maximum Gasteiger partial charge on any atom is 0.253 e. The van der Waals surface area contributed by atoms with Crippen molar-refractivity contribution in [3.05, 3.63) is 59.2 Å². The average molecular weight is 409 g/mol. The Morgan fingerprint density at radius 3 is 2.70 bits per heavy atom. The number of nitrogens with one attached hydrogen (secondary N) is 1. The van der Waals surface area contributed by atoms with E-state index in [0.29, 0.717) is 12.1 Å². The Labute approximate surface area is 166 Å². The minimum Gasteiger partial charge on any atom is -0.399 e. The molecule has 1 amide bonds. The van der Waals surface area contributed by atoms with E-state index in [1.807, 2.05) is 25.1 Å². The molecule has 7 heteroatoms. The van der Waals surface area contributed by atoms with Crippen molar-refractivity contribution in [2.75, 3.05) is 11.5 Å². The molecule has 3 rings (SSSR count). The number of benzene rings is 2. The van der Waals surface area contributed by atoms with Gasteiger partial charge in [0, 0.05) is 5.69 Å². The summed E-state index contributed by atoms with van der Waals surface area (Å²) in [5.41, 5.74) is 9.00. The molecule has 2 aromatic rings. The Morgan fingerprint density at radius 1 is 1.22 bits per heavy atom. The highest BCUT2D eigenvalue weighted by atomic mass is 35.5. The standard InChI is InChI=1S/C20H24N2O3S.ClH/c1-2-12-26(24,25)19-9-4-3-7-17(19)20(23)22-18-8-5-6-14-13-15(21)10-11-16(14)18;/h3-4,7,9-11,13,18H,2,5-6,8,12,21H2,1H3,(H,22,23);1H. The largest absolute Gasteiger partial charge is 0.399 e. The second-order valence-corrected chi connectivity index (χ2v) is 8.77. The molecule has 0 spiro atoms. The third-order valence-electron chi connectivity index (χ3n) is 4.73. The molecule has 146 valence electrons. The van der Waals surface area contributed by atoms with Gasteiger partial charge in [-0.2, -0.15) is 0 Å². The Hall–Kier alpha value is -2.05. The van der Waals surface area contributed by atoms with Gasteiger partial charge in [-0.25, -0.2) is 8.42 Å². The van der Waals surface area contributed by atoms with Crippen LogP contribution in [0.4, 0.5) is 5.69 Å². The van der Waals surface area contributed by atoms with Gasteiger partial charge in [0.25, 0.3) is 5.91 Å². The number of rotatable bonds is 5. The number of fused-ring (bicyclic) bond motifs is 1. The monoisotopic (exact) mass is 408 g/mol. The molecule has 1 aliphatic carbocycles. The number of aryl methyl sites for hydroxylation is 1. The zero-order valence-corrected chi connectivity index (χ0v) is 16.9. The number of sulfone groups is 1. The number of nitrogen functional groups attached to an aromatic ring is 1. The fraction of sp³-hybridized carbons (Fsp3) is 0.350. The van der Waals surface area contributed by atoms with Gasteiger partial charge in [-0.05, 0) is 61.1 Å². The Kier molecular flexibility index (Phi) is 6.89. The summed E-state index contributed by atoms with van der Waals surface area (Å²) in [4.78, 5) is 13.0. The van der Waals surface area contributed by atoms with Crippen molar-refractivity contribution in [2.24, 2.45) is 0 Å². The average Bonchev–Trinajstić information content (AvgIpc) is 2.61. The molecule has 3 N–H and O–H groups in total. The van der Waals surface area contributed by atoms with E-state index < -0.39 is 9.84 Å². The predicted molar refractivity (Wildman–Crippen MR) is 110 cm³/mol. The molecule has 0 radical (unpaired) electrons. The Bertz CT molecular complexity index is 929. The lowest BCUT2D eigenvalue weighted by molar-refractivity contribution is 0.0929. The van der Waals surface area contributed by atoms with Crippen molar-refractivity contribution in [3.63, 3.8) is 0 Å². The van der Waals surface area contributed by atoms with Crippen LogP contribution >= 0.6 is 12.4 Å². The van der Waals surface area contributed by atoms with Crippen LogP contribution in [0.15, 0.2) is 47.4 Å². The van der Waals surface area contributed by atoms with Gasteiger partial charge in [0.15, 0.2) is 9.84 Å². The molecule has 1 unspecified atom stereocenters. The van der Waals surface area contributed by atoms with Crippen molar-refractivity contribution >= 4 is 33.8 Å². The number of halogens is 1. The molecule has 0 bridgehead atoms. The highest BCUT2D eigenvalue weighted by molar-refractivity contribution is 7.91. The van der Waals surface area contributed by atoms with Crippen LogP contribution in [0.3, 0.4) is 0 Å². The molecule has 27 heavy (non-hydrogen) atoms. The summed E-state index contributed by atoms with van der Waals surface area (Å²) in [6.07, 6.45) is 3.23. The zero-order valence-electron chi connectivity index (χ0n) is 15.3. The zero-order chi connectivity index (χ0) is 18.7. The molecule has 0 aliphatic heterocycles. The summed E-state index contributed by atoms with van der Waals surface area (Å²) in [6.45, 7) is 1.81. The van der Waals surface area contributed by atoms with Gasteiger partial charge in [-0.1, -0.05) is 25.1 Å². The number of anilines is 1. The third-order valence-corrected chi connectivity index (χ3v) is 6.70. The maximum absolute atomic E-state index is 12.9. The lowest BCUT2D eigenvalue weighted by atomic mass is 9.87. The van der Waals surface area contributed by atoms with Crippen LogP contribution in [0.25, 0.3) is 0 Å². The summed E-state index contributed by atoms with van der Waals surface area (Å²) in [5, 5.41) is 3.02. The van der Waals surface area contributed by atoms with E-state index in [2.05, 4.69) is 5.32 Å². The number of hydrogen-bond donors (Lipinski definition) is 2. The van der Waals surface area contributed by atoms with Crippen LogP contribution in [0.1, 0.15) is 53.7 Å². The molecule has 1 aliphatic rings. The first kappa shape index (κ1) is 21.3. The van der Waals surface area contributed by atoms with E-state index in [1.165, 1.54) is 6.07 Å². The fourth-order valence-corrected chi connectivity index (χ4v) is 5.06. The second-order valence-electron chi connectivity index (χ2n) is 6.69. The summed E-state index contributed by atoms with van der Waals surface area (Å²) < 4.78 is 25.0. The fourth-order valence-electron chi connectivity index (χ4n) is 3.52. The highest BCUT2D eigenvalue weighted by Crippen LogP contribution is 2.31. The van der Waals surface area contributed by atoms with E-state index in [1.54, 1.807) is 18.2 Å². The third kappa shape index (κ3) is 4.62. The van der Waals surface area contributed by atoms with Gasteiger partial charge < -0.3 is 11.1 Å². The Morgan fingerprint density at radius 2 is 1.96 bits per heavy atom. The molecule has 1 atom stereocenters. The molecule has 0 heterocycles. The van der Waals surface area contributed by atoms with Gasteiger partial charge in [-0.3, -0.25) is 4.79 Å². The smallest absolute Gasteiger partial charge is 0.253 e. The first-order valence-electron chi connectivity index (χ1n) is 8.93. The number of amides is 1. The van der Waals surface area contributed by atoms with E-state index in [9.17, 15) is 13.2 Å². The van der Waals surface area contributed by atoms with E-state index >= 15 is 0 Å². The second kappa shape index (κ2) is 8.76. The molecule has 0 fully saturated rings. The lowest BCUT2D eigenvalue weighted by Gasteiger charge is -2.27. The number of hydrogen-bond acceptors (Lipinski definition) is 4. The molecule has 0 saturated heterocycles. The first-order chi connectivity index (χ1) is 12.4. The topological polar surface area (TPSA) is 89.3 Å². The van der Waals surface area contributed by atoms with Gasteiger partial charge in [0.05, 0.1) is 22.3 Å². The van der Waals surface area contributed by atoms with Gasteiger partial charge >= 0.3 is 0 Å². The molecular formula is C20H25ClN2O3S. The normalized spacial score (nSPS) is 16.1. The quantitative estimate of drug-likeness (QED) is 0.738. The summed E-state index contributed by atoms with van der Waals surface area (Å²) in [5.74, 6) is -0.321. The van der Waals surface area contributed by atoms with Gasteiger partial charge in [-0.15, -0.1) is 12.4 Å². The van der Waals surface area contributed by atoms with Crippen molar-refractivity contribution in [1.82, 2.24) is 5.32 Å². The van der Waals surface area contributed by atoms with E-state index in [4.69, 9.17) is 5.73 Å². The van der Waals surface area contributed by atoms with Crippen LogP contribution in [0.5, 0.6) is 0 Å². The van der Waals surface area contributed by atoms with E-state index in [-0.39, 0.29) is 40.6 Å². The molecular weight excluding hydrogens is 384 g/mol. The highest BCUT2D eigenvalue weighted by Gasteiger charge is 2.26. The SMILES string of the molecule is CCCS(=O)(=O)c1ccccc1C(=O)NC1CCCc2cc(N)ccc21.Cl. The molecule has 0 aromatic heterocycles. The van der Waals surface area contributed by atoms with Crippen molar-refractivity contribution in [1.29, 1.82) is 0 Å². The number of carbonyl (C=O) groups excluding carboxylic acids is 1. The van der Waals surface area contributed by atoms with Crippen molar-refractivity contribution in [2.45, 2.75) is 43.5 Å². The van der Waals surface area contributed by atoms with Crippen LogP contribution in [-0.2, 0) is 16.3 Å².